The number of carbonyl (C=O) groups is 1. The highest BCUT2D eigenvalue weighted by atomic mass is 35.5. The summed E-state index contributed by atoms with van der Waals surface area (Å²) in [5.41, 5.74) is -1.38. The quantitative estimate of drug-likeness (QED) is 0.288. The number of nitrogens with zero attached hydrogens (tertiary/aromatic N) is 3. The van der Waals surface area contributed by atoms with Crippen LogP contribution in [-0.4, -0.2) is 27.5 Å². The zero-order valence-corrected chi connectivity index (χ0v) is 18.4. The first-order chi connectivity index (χ1) is 15.7. The molecule has 0 aliphatic rings. The number of hydrogen-bond donors (Lipinski definition) is 0. The van der Waals surface area contributed by atoms with E-state index >= 15 is 0 Å². The molecule has 0 saturated carbocycles. The molecule has 6 nitrogen and oxygen atoms in total. The van der Waals surface area contributed by atoms with Gasteiger partial charge in [-0.3, -0.25) is 0 Å². The van der Waals surface area contributed by atoms with E-state index in [2.05, 4.69) is 10.3 Å². The molecule has 0 aliphatic carbocycles. The molecule has 33 heavy (non-hydrogen) atoms. The maximum Gasteiger partial charge on any atom is 0.434 e. The highest BCUT2D eigenvalue weighted by Gasteiger charge is 2.42. The molecule has 0 radical (unpaired) electrons. The van der Waals surface area contributed by atoms with Crippen LogP contribution in [0.5, 0.6) is 0 Å². The number of hydrogen-bond acceptors (Lipinski definition) is 5. The summed E-state index contributed by atoms with van der Waals surface area (Å²) in [7, 11) is 0. The van der Waals surface area contributed by atoms with Crippen molar-refractivity contribution in [3.05, 3.63) is 76.0 Å². The Balaban J connectivity index is 1.96. The molecule has 2 heterocycles. The van der Waals surface area contributed by atoms with Crippen LogP contribution in [0.3, 0.4) is 0 Å². The minimum Gasteiger partial charge on any atom is -0.462 e. The van der Waals surface area contributed by atoms with E-state index in [-0.39, 0.29) is 28.6 Å². The topological polar surface area (TPSA) is 70.2 Å². The third-order valence-corrected chi connectivity index (χ3v) is 5.11. The van der Waals surface area contributed by atoms with E-state index in [0.29, 0.717) is 15.3 Å². The van der Waals surface area contributed by atoms with Crippen LogP contribution in [0.2, 0.25) is 10.0 Å². The molecule has 0 aliphatic heterocycles. The van der Waals surface area contributed by atoms with Crippen molar-refractivity contribution in [3.63, 3.8) is 0 Å². The van der Waals surface area contributed by atoms with Crippen LogP contribution in [0.1, 0.15) is 23.0 Å². The van der Waals surface area contributed by atoms with E-state index in [1.165, 1.54) is 24.3 Å². The van der Waals surface area contributed by atoms with Crippen LogP contribution in [0.15, 0.2) is 59.3 Å². The number of ether oxygens (including phenoxy) is 1. The number of alkyl halides is 3. The summed E-state index contributed by atoms with van der Waals surface area (Å²) in [4.78, 5) is 12.8. The Morgan fingerprint density at radius 2 is 1.85 bits per heavy atom. The molecule has 0 atom stereocenters. The molecule has 0 spiro atoms. The number of halogens is 5. The minimum absolute atomic E-state index is 0.00256. The van der Waals surface area contributed by atoms with Gasteiger partial charge in [-0.05, 0) is 37.3 Å². The van der Waals surface area contributed by atoms with Gasteiger partial charge in [-0.15, -0.1) is 0 Å². The molecule has 0 fully saturated rings. The normalized spacial score (nSPS) is 11.6. The lowest BCUT2D eigenvalue weighted by Crippen LogP contribution is -2.15. The molecule has 2 aromatic heterocycles. The summed E-state index contributed by atoms with van der Waals surface area (Å²) in [6.45, 7) is 1.57. The van der Waals surface area contributed by atoms with E-state index in [4.69, 9.17) is 32.5 Å². The zero-order valence-electron chi connectivity index (χ0n) is 16.9. The van der Waals surface area contributed by atoms with Gasteiger partial charge in [0.25, 0.3) is 0 Å². The fraction of sp³-hybridized carbons (Fsp3) is 0.136. The molecule has 11 heteroatoms. The predicted octanol–water partition coefficient (Wildman–Crippen LogP) is 6.70. The molecule has 0 amide bonds. The van der Waals surface area contributed by atoms with Crippen LogP contribution in [0, 0.1) is 0 Å². The van der Waals surface area contributed by atoms with Gasteiger partial charge in [0, 0.05) is 15.6 Å². The highest BCUT2D eigenvalue weighted by molar-refractivity contribution is 6.31. The molecule has 0 unspecified atom stereocenters. The SMILES string of the molecule is CCOC(=O)c1c(-c2ccc(Cl)cc2)noc1-c1cnn(-c2cccc(Cl)c2)c1C(F)(F)F. The van der Waals surface area contributed by atoms with Crippen molar-refractivity contribution in [2.45, 2.75) is 13.1 Å². The number of benzene rings is 2. The first-order valence-corrected chi connectivity index (χ1v) is 10.3. The molecular weight excluding hydrogens is 482 g/mol. The van der Waals surface area contributed by atoms with E-state index in [0.717, 1.165) is 6.20 Å². The Hall–Kier alpha value is -3.30. The lowest BCUT2D eigenvalue weighted by atomic mass is 10.0. The second-order valence-electron chi connectivity index (χ2n) is 6.76. The largest absolute Gasteiger partial charge is 0.462 e. The van der Waals surface area contributed by atoms with E-state index in [9.17, 15) is 18.0 Å². The predicted molar refractivity (Wildman–Crippen MR) is 115 cm³/mol. The monoisotopic (exact) mass is 495 g/mol. The van der Waals surface area contributed by atoms with Crippen molar-refractivity contribution < 1.29 is 27.2 Å². The Morgan fingerprint density at radius 1 is 1.12 bits per heavy atom. The molecule has 2 aromatic carbocycles. The summed E-state index contributed by atoms with van der Waals surface area (Å²) < 4.78 is 53.6. The molecule has 4 aromatic rings. The summed E-state index contributed by atoms with van der Waals surface area (Å²) in [5.74, 6) is -1.30. The fourth-order valence-electron chi connectivity index (χ4n) is 3.26. The van der Waals surface area contributed by atoms with E-state index in [1.807, 2.05) is 0 Å². The smallest absolute Gasteiger partial charge is 0.434 e. The summed E-state index contributed by atoms with van der Waals surface area (Å²) in [6.07, 6.45) is -3.90. The second kappa shape index (κ2) is 8.92. The summed E-state index contributed by atoms with van der Waals surface area (Å²) >= 11 is 11.9. The summed E-state index contributed by atoms with van der Waals surface area (Å²) in [5, 5.41) is 8.43. The Morgan fingerprint density at radius 3 is 2.48 bits per heavy atom. The van der Waals surface area contributed by atoms with Gasteiger partial charge in [0.2, 0.25) is 0 Å². The van der Waals surface area contributed by atoms with Gasteiger partial charge < -0.3 is 9.26 Å². The second-order valence-corrected chi connectivity index (χ2v) is 7.63. The first kappa shape index (κ1) is 22.9. The number of esters is 1. The average molecular weight is 496 g/mol. The Kier molecular flexibility index (Phi) is 6.18. The van der Waals surface area contributed by atoms with Gasteiger partial charge >= 0.3 is 12.1 Å². The maximum absolute atomic E-state index is 14.2. The third kappa shape index (κ3) is 4.46. The number of aromatic nitrogens is 3. The van der Waals surface area contributed by atoms with Gasteiger partial charge in [-0.1, -0.05) is 46.6 Å². The average Bonchev–Trinajstić information content (AvgIpc) is 3.39. The van der Waals surface area contributed by atoms with Gasteiger partial charge in [0.05, 0.1) is 24.1 Å². The lowest BCUT2D eigenvalue weighted by molar-refractivity contribution is -0.142. The first-order valence-electron chi connectivity index (χ1n) is 9.55. The van der Waals surface area contributed by atoms with Crippen molar-refractivity contribution in [2.24, 2.45) is 0 Å². The molecular formula is C22H14Cl2F3N3O3. The zero-order chi connectivity index (χ0) is 23.8. The van der Waals surface area contributed by atoms with Gasteiger partial charge in [0.1, 0.15) is 11.3 Å². The summed E-state index contributed by atoms with van der Waals surface area (Å²) in [6, 6.07) is 12.0. The standard InChI is InChI=1S/C22H14Cl2F3N3O3/c1-2-32-21(31)17-18(12-6-8-13(23)9-7-12)29-33-19(17)16-11-28-30(20(16)22(25,26)27)15-5-3-4-14(24)10-15/h3-11H,2H2,1H3. The number of carbonyl (C=O) groups excluding carboxylic acids is 1. The van der Waals surface area contributed by atoms with Gasteiger partial charge in [0.15, 0.2) is 11.5 Å². The van der Waals surface area contributed by atoms with Crippen LogP contribution >= 0.6 is 23.2 Å². The molecule has 170 valence electrons. The fourth-order valence-corrected chi connectivity index (χ4v) is 3.57. The third-order valence-electron chi connectivity index (χ3n) is 4.62. The number of rotatable bonds is 5. The van der Waals surface area contributed by atoms with Gasteiger partial charge in [-0.2, -0.15) is 18.3 Å². The van der Waals surface area contributed by atoms with Crippen molar-refractivity contribution >= 4 is 29.2 Å². The van der Waals surface area contributed by atoms with Crippen LogP contribution in [0.4, 0.5) is 13.2 Å². The van der Waals surface area contributed by atoms with Crippen molar-refractivity contribution in [1.82, 2.24) is 14.9 Å². The lowest BCUT2D eigenvalue weighted by Gasteiger charge is -2.12. The van der Waals surface area contributed by atoms with Crippen LogP contribution < -0.4 is 0 Å². The van der Waals surface area contributed by atoms with E-state index in [1.54, 1.807) is 31.2 Å². The molecule has 0 N–H and O–H groups in total. The highest BCUT2D eigenvalue weighted by Crippen LogP contribution is 2.42. The van der Waals surface area contributed by atoms with Crippen molar-refractivity contribution in [1.29, 1.82) is 0 Å². The Bertz CT molecular complexity index is 1310. The minimum atomic E-state index is -4.85. The van der Waals surface area contributed by atoms with Crippen molar-refractivity contribution in [2.75, 3.05) is 6.61 Å². The molecule has 4 rings (SSSR count). The van der Waals surface area contributed by atoms with Crippen LogP contribution in [-0.2, 0) is 10.9 Å². The van der Waals surface area contributed by atoms with Crippen molar-refractivity contribution in [3.8, 4) is 28.3 Å². The maximum atomic E-state index is 14.2. The Labute approximate surface area is 195 Å². The molecule has 0 bridgehead atoms. The van der Waals surface area contributed by atoms with Gasteiger partial charge in [-0.25, -0.2) is 9.48 Å². The molecule has 0 saturated heterocycles. The van der Waals surface area contributed by atoms with Crippen LogP contribution in [0.25, 0.3) is 28.3 Å². The van der Waals surface area contributed by atoms with E-state index < -0.39 is 29.2 Å².